The second-order valence-corrected chi connectivity index (χ2v) is 7.15. The summed E-state index contributed by atoms with van der Waals surface area (Å²) in [6.45, 7) is -0.989. The maximum absolute atomic E-state index is 12.9. The van der Waals surface area contributed by atoms with Crippen LogP contribution in [0.3, 0.4) is 0 Å². The smallest absolute Gasteiger partial charge is 0.417 e. The summed E-state index contributed by atoms with van der Waals surface area (Å²) >= 11 is 6.95. The number of halogens is 4. The highest BCUT2D eigenvalue weighted by Gasteiger charge is 2.33. The molecule has 0 atom stereocenters. The van der Waals surface area contributed by atoms with E-state index in [1.807, 2.05) is 0 Å². The molecule has 6 nitrogen and oxygen atoms in total. The molecule has 11 heteroatoms. The number of nitrogens with one attached hydrogen (secondary N) is 1. The van der Waals surface area contributed by atoms with Gasteiger partial charge in [-0.2, -0.15) is 24.5 Å². The molecule has 1 aromatic heterocycles. The number of alkyl halides is 3. The fourth-order valence-corrected chi connectivity index (χ4v) is 3.08. The SMILES string of the molecule is CN(CC(=O)Nc1ccc(Cl)c(C(F)(F)F)c1)C(=O)COC(=O)Cc1ccsc1. The lowest BCUT2D eigenvalue weighted by Gasteiger charge is -2.17. The van der Waals surface area contributed by atoms with Gasteiger partial charge in [-0.25, -0.2) is 0 Å². The number of nitrogens with zero attached hydrogens (tertiary/aromatic N) is 1. The van der Waals surface area contributed by atoms with E-state index in [9.17, 15) is 27.6 Å². The second-order valence-electron chi connectivity index (χ2n) is 5.96. The maximum atomic E-state index is 12.9. The van der Waals surface area contributed by atoms with Crippen molar-refractivity contribution in [2.24, 2.45) is 0 Å². The first-order chi connectivity index (χ1) is 13.6. The number of amides is 2. The van der Waals surface area contributed by atoms with Crippen LogP contribution in [0, 0.1) is 0 Å². The standard InChI is InChI=1S/C18H16ClF3N2O4S/c1-24(16(26)9-28-17(27)6-11-4-5-29-10-11)8-15(25)23-12-2-3-14(19)13(7-12)18(20,21)22/h2-5,7,10H,6,8-9H2,1H3,(H,23,25). The van der Waals surface area contributed by atoms with Crippen molar-refractivity contribution < 1.29 is 32.3 Å². The Labute approximate surface area is 173 Å². The first-order valence-electron chi connectivity index (χ1n) is 8.13. The molecule has 1 heterocycles. The maximum Gasteiger partial charge on any atom is 0.417 e. The van der Waals surface area contributed by atoms with Gasteiger partial charge in [0, 0.05) is 12.7 Å². The fourth-order valence-electron chi connectivity index (χ4n) is 2.19. The molecule has 2 aromatic rings. The topological polar surface area (TPSA) is 75.7 Å². The molecule has 156 valence electrons. The lowest BCUT2D eigenvalue weighted by molar-refractivity contribution is -0.151. The van der Waals surface area contributed by atoms with E-state index in [4.69, 9.17) is 16.3 Å². The normalized spacial score (nSPS) is 11.1. The summed E-state index contributed by atoms with van der Waals surface area (Å²) in [7, 11) is 1.30. The number of anilines is 1. The number of likely N-dealkylation sites (N-methyl/N-ethyl adjacent to an activating group) is 1. The lowest BCUT2D eigenvalue weighted by Crippen LogP contribution is -2.37. The van der Waals surface area contributed by atoms with Crippen molar-refractivity contribution in [3.05, 3.63) is 51.2 Å². The van der Waals surface area contributed by atoms with Gasteiger partial charge in [-0.15, -0.1) is 0 Å². The van der Waals surface area contributed by atoms with Crippen molar-refractivity contribution in [1.82, 2.24) is 4.90 Å². The molecular weight excluding hydrogens is 433 g/mol. The third-order valence-electron chi connectivity index (χ3n) is 3.65. The molecule has 2 rings (SSSR count). The van der Waals surface area contributed by atoms with Gasteiger partial charge in [-0.3, -0.25) is 14.4 Å². The zero-order valence-corrected chi connectivity index (χ0v) is 16.7. The molecular formula is C18H16ClF3N2O4S. The van der Waals surface area contributed by atoms with Crippen molar-refractivity contribution >= 4 is 46.4 Å². The number of ether oxygens (including phenoxy) is 1. The molecule has 0 saturated heterocycles. The van der Waals surface area contributed by atoms with Gasteiger partial charge < -0.3 is 15.0 Å². The average Bonchev–Trinajstić information content (AvgIpc) is 3.13. The fraction of sp³-hybridized carbons (Fsp3) is 0.278. The number of benzene rings is 1. The quantitative estimate of drug-likeness (QED) is 0.657. The molecule has 0 unspecified atom stereocenters. The highest BCUT2D eigenvalue weighted by molar-refractivity contribution is 7.08. The van der Waals surface area contributed by atoms with Gasteiger partial charge in [0.05, 0.1) is 23.6 Å². The molecule has 1 N–H and O–H groups in total. The van der Waals surface area contributed by atoms with Crippen molar-refractivity contribution in [2.75, 3.05) is 25.5 Å². The van der Waals surface area contributed by atoms with Gasteiger partial charge in [0.15, 0.2) is 6.61 Å². The van der Waals surface area contributed by atoms with Gasteiger partial charge in [0.25, 0.3) is 5.91 Å². The summed E-state index contributed by atoms with van der Waals surface area (Å²) in [6.07, 6.45) is -4.64. The van der Waals surface area contributed by atoms with Crippen LogP contribution in [0.1, 0.15) is 11.1 Å². The number of hydrogen-bond donors (Lipinski definition) is 1. The summed E-state index contributed by atoms with van der Waals surface area (Å²) in [6, 6.07) is 4.69. The van der Waals surface area contributed by atoms with Crippen LogP contribution >= 0.6 is 22.9 Å². The predicted octanol–water partition coefficient (Wildman–Crippen LogP) is 3.60. The number of carbonyl (C=O) groups excluding carboxylic acids is 3. The van der Waals surface area contributed by atoms with Crippen LogP contribution in [0.15, 0.2) is 35.0 Å². The van der Waals surface area contributed by atoms with Crippen LogP contribution in [0.2, 0.25) is 5.02 Å². The van der Waals surface area contributed by atoms with Crippen LogP contribution in [-0.4, -0.2) is 42.9 Å². The van der Waals surface area contributed by atoms with E-state index in [-0.39, 0.29) is 12.1 Å². The van der Waals surface area contributed by atoms with Crippen molar-refractivity contribution in [1.29, 1.82) is 0 Å². The highest BCUT2D eigenvalue weighted by Crippen LogP contribution is 2.36. The Morgan fingerprint density at radius 2 is 1.97 bits per heavy atom. The molecule has 0 aliphatic heterocycles. The van der Waals surface area contributed by atoms with Crippen molar-refractivity contribution in [3.8, 4) is 0 Å². The zero-order chi connectivity index (χ0) is 21.6. The highest BCUT2D eigenvalue weighted by atomic mass is 35.5. The Bertz CT molecular complexity index is 888. The van der Waals surface area contributed by atoms with Crippen LogP contribution < -0.4 is 5.32 Å². The number of esters is 1. The Morgan fingerprint density at radius 1 is 1.24 bits per heavy atom. The Morgan fingerprint density at radius 3 is 2.59 bits per heavy atom. The number of carbonyl (C=O) groups is 3. The molecule has 29 heavy (non-hydrogen) atoms. The summed E-state index contributed by atoms with van der Waals surface area (Å²) in [5.41, 5.74) is -0.435. The average molecular weight is 449 g/mol. The van der Waals surface area contributed by atoms with Crippen LogP contribution in [-0.2, 0) is 31.7 Å². The minimum Gasteiger partial charge on any atom is -0.455 e. The van der Waals surface area contributed by atoms with E-state index in [0.717, 1.165) is 16.5 Å². The van der Waals surface area contributed by atoms with Gasteiger partial charge in [-0.1, -0.05) is 11.6 Å². The summed E-state index contributed by atoms with van der Waals surface area (Å²) in [5, 5.41) is 5.35. The van der Waals surface area contributed by atoms with Crippen LogP contribution in [0.4, 0.5) is 18.9 Å². The molecule has 1 aromatic carbocycles. The molecule has 2 amide bonds. The van der Waals surface area contributed by atoms with Crippen molar-refractivity contribution in [3.63, 3.8) is 0 Å². The first kappa shape index (κ1) is 22.7. The van der Waals surface area contributed by atoms with Gasteiger partial charge >= 0.3 is 12.1 Å². The summed E-state index contributed by atoms with van der Waals surface area (Å²) in [4.78, 5) is 36.6. The molecule has 0 fully saturated rings. The lowest BCUT2D eigenvalue weighted by atomic mass is 10.2. The Kier molecular flexibility index (Phi) is 7.63. The number of hydrogen-bond acceptors (Lipinski definition) is 5. The van der Waals surface area contributed by atoms with E-state index < -0.39 is 47.7 Å². The van der Waals surface area contributed by atoms with Gasteiger partial charge in [0.1, 0.15) is 0 Å². The van der Waals surface area contributed by atoms with E-state index >= 15 is 0 Å². The number of rotatable bonds is 7. The first-order valence-corrected chi connectivity index (χ1v) is 9.45. The Balaban J connectivity index is 1.83. The van der Waals surface area contributed by atoms with E-state index in [1.54, 1.807) is 16.8 Å². The second kappa shape index (κ2) is 9.75. The van der Waals surface area contributed by atoms with Gasteiger partial charge in [-0.05, 0) is 40.6 Å². The largest absolute Gasteiger partial charge is 0.455 e. The molecule has 0 bridgehead atoms. The molecule has 0 spiro atoms. The summed E-state index contributed by atoms with van der Waals surface area (Å²) < 4.78 is 43.4. The monoisotopic (exact) mass is 448 g/mol. The zero-order valence-electron chi connectivity index (χ0n) is 15.1. The molecule has 0 aliphatic carbocycles. The minimum absolute atomic E-state index is 0.0269. The third-order valence-corrected chi connectivity index (χ3v) is 4.71. The van der Waals surface area contributed by atoms with E-state index in [1.165, 1.54) is 24.5 Å². The minimum atomic E-state index is -4.67. The molecule has 0 radical (unpaired) electrons. The predicted molar refractivity (Wildman–Crippen MR) is 102 cm³/mol. The van der Waals surface area contributed by atoms with Gasteiger partial charge in [0.2, 0.25) is 5.91 Å². The molecule has 0 saturated carbocycles. The van der Waals surface area contributed by atoms with Crippen LogP contribution in [0.5, 0.6) is 0 Å². The van der Waals surface area contributed by atoms with E-state index in [2.05, 4.69) is 5.32 Å². The molecule has 0 aliphatic rings. The third kappa shape index (κ3) is 7.06. The van der Waals surface area contributed by atoms with E-state index in [0.29, 0.717) is 6.07 Å². The summed E-state index contributed by atoms with van der Waals surface area (Å²) in [5.74, 6) is -1.94. The van der Waals surface area contributed by atoms with Crippen molar-refractivity contribution in [2.45, 2.75) is 12.6 Å². The number of thiophene rings is 1. The van der Waals surface area contributed by atoms with Crippen LogP contribution in [0.25, 0.3) is 0 Å². The Hall–Kier alpha value is -2.59.